The predicted octanol–water partition coefficient (Wildman–Crippen LogP) is 3.07. The summed E-state index contributed by atoms with van der Waals surface area (Å²) in [5.74, 6) is 1.31. The van der Waals surface area contributed by atoms with Gasteiger partial charge in [0.15, 0.2) is 0 Å². The number of H-pyrrole nitrogens is 1. The zero-order valence-electron chi connectivity index (χ0n) is 11.6. The number of nitrogens with two attached hydrogens (primary N) is 1. The van der Waals surface area contributed by atoms with E-state index in [4.69, 9.17) is 15.7 Å². The van der Waals surface area contributed by atoms with E-state index in [1.54, 1.807) is 13.2 Å². The maximum Gasteiger partial charge on any atom is 0.124 e. The molecule has 0 aliphatic rings. The number of nitrogen functional groups attached to an aromatic ring is 1. The minimum atomic E-state index is 0.406. The number of aromatic nitrogens is 1. The largest absolute Gasteiger partial charge is 0.496 e. The first kappa shape index (κ1) is 13.0. The highest BCUT2D eigenvalue weighted by Gasteiger charge is 2.14. The number of rotatable bonds is 2. The molecule has 98 valence electrons. The van der Waals surface area contributed by atoms with Gasteiger partial charge in [0, 0.05) is 11.3 Å². The number of hydrogen-bond donors (Lipinski definition) is 2. The third kappa shape index (κ3) is 2.04. The molecule has 0 aliphatic heterocycles. The van der Waals surface area contributed by atoms with E-state index in [9.17, 15) is 0 Å². The van der Waals surface area contributed by atoms with Crippen LogP contribution in [0, 0.1) is 32.1 Å². The van der Waals surface area contributed by atoms with Crippen molar-refractivity contribution in [3.8, 4) is 23.1 Å². The average Bonchev–Trinajstić information content (AvgIpc) is 2.75. The monoisotopic (exact) mass is 255 g/mol. The van der Waals surface area contributed by atoms with Crippen LogP contribution in [0.3, 0.4) is 0 Å². The van der Waals surface area contributed by atoms with E-state index in [-0.39, 0.29) is 0 Å². The quantitative estimate of drug-likeness (QED) is 0.866. The number of anilines is 1. The van der Waals surface area contributed by atoms with Gasteiger partial charge in [0.25, 0.3) is 0 Å². The van der Waals surface area contributed by atoms with Crippen molar-refractivity contribution in [2.75, 3.05) is 12.8 Å². The first-order valence-corrected chi connectivity index (χ1v) is 6.03. The highest BCUT2D eigenvalue weighted by molar-refractivity contribution is 5.73. The average molecular weight is 255 g/mol. The minimum Gasteiger partial charge on any atom is -0.496 e. The Bertz CT molecular complexity index is 678. The zero-order chi connectivity index (χ0) is 14.2. The molecular formula is C15H17N3O. The highest BCUT2D eigenvalue weighted by atomic mass is 16.5. The van der Waals surface area contributed by atoms with Crippen molar-refractivity contribution < 1.29 is 4.74 Å². The van der Waals surface area contributed by atoms with E-state index >= 15 is 0 Å². The minimum absolute atomic E-state index is 0.406. The Kier molecular flexibility index (Phi) is 3.22. The van der Waals surface area contributed by atoms with Gasteiger partial charge in [-0.1, -0.05) is 0 Å². The summed E-state index contributed by atoms with van der Waals surface area (Å²) in [5.41, 5.74) is 11.4. The molecule has 0 unspecified atom stereocenters. The first-order valence-electron chi connectivity index (χ1n) is 6.03. The molecule has 0 amide bonds. The van der Waals surface area contributed by atoms with E-state index in [2.05, 4.69) is 11.1 Å². The van der Waals surface area contributed by atoms with Gasteiger partial charge in [-0.25, -0.2) is 0 Å². The molecule has 1 aromatic heterocycles. The van der Waals surface area contributed by atoms with Crippen molar-refractivity contribution in [2.24, 2.45) is 0 Å². The van der Waals surface area contributed by atoms with Crippen LogP contribution in [0.5, 0.6) is 5.75 Å². The number of nitriles is 1. The van der Waals surface area contributed by atoms with E-state index in [1.165, 1.54) is 0 Å². The summed E-state index contributed by atoms with van der Waals surface area (Å²) in [6.07, 6.45) is 0. The maximum absolute atomic E-state index is 8.97. The van der Waals surface area contributed by atoms with Crippen LogP contribution in [-0.4, -0.2) is 12.1 Å². The molecule has 1 heterocycles. The Labute approximate surface area is 112 Å². The Balaban J connectivity index is 2.66. The van der Waals surface area contributed by atoms with Gasteiger partial charge >= 0.3 is 0 Å². The van der Waals surface area contributed by atoms with Gasteiger partial charge in [0.05, 0.1) is 12.7 Å². The van der Waals surface area contributed by atoms with Crippen molar-refractivity contribution in [1.82, 2.24) is 4.98 Å². The lowest BCUT2D eigenvalue weighted by Crippen LogP contribution is -1.96. The molecule has 0 radical (unpaired) electrons. The van der Waals surface area contributed by atoms with Crippen LogP contribution in [-0.2, 0) is 0 Å². The summed E-state index contributed by atoms with van der Waals surface area (Å²) in [5, 5.41) is 8.97. The second-order valence-corrected chi connectivity index (χ2v) is 4.65. The number of hydrogen-bond acceptors (Lipinski definition) is 3. The molecule has 0 aliphatic carbocycles. The van der Waals surface area contributed by atoms with Crippen LogP contribution in [0.4, 0.5) is 5.82 Å². The highest BCUT2D eigenvalue weighted by Crippen LogP contribution is 2.34. The number of nitrogens with zero attached hydrogens (tertiary/aromatic N) is 1. The molecule has 0 saturated heterocycles. The molecule has 0 bridgehead atoms. The molecular weight excluding hydrogens is 238 g/mol. The molecule has 0 fully saturated rings. The van der Waals surface area contributed by atoms with Crippen molar-refractivity contribution >= 4 is 5.82 Å². The Hall–Kier alpha value is -2.41. The molecule has 1 aromatic carbocycles. The van der Waals surface area contributed by atoms with E-state index in [1.807, 2.05) is 26.8 Å². The van der Waals surface area contributed by atoms with Crippen LogP contribution in [0.1, 0.15) is 22.3 Å². The fraction of sp³-hybridized carbons (Fsp3) is 0.267. The fourth-order valence-corrected chi connectivity index (χ4v) is 2.36. The first-order chi connectivity index (χ1) is 8.99. The topological polar surface area (TPSA) is 74.8 Å². The Morgan fingerprint density at radius 3 is 2.42 bits per heavy atom. The Morgan fingerprint density at radius 1 is 1.21 bits per heavy atom. The lowest BCUT2D eigenvalue weighted by atomic mass is 9.96. The van der Waals surface area contributed by atoms with Crippen LogP contribution in [0.15, 0.2) is 12.1 Å². The maximum atomic E-state index is 8.97. The van der Waals surface area contributed by atoms with Gasteiger partial charge in [-0.15, -0.1) is 0 Å². The molecule has 2 rings (SSSR count). The third-order valence-electron chi connectivity index (χ3n) is 3.49. The van der Waals surface area contributed by atoms with Gasteiger partial charge in [0.2, 0.25) is 0 Å². The molecule has 2 aromatic rings. The van der Waals surface area contributed by atoms with Crippen LogP contribution in [0.2, 0.25) is 0 Å². The van der Waals surface area contributed by atoms with Crippen LogP contribution < -0.4 is 10.5 Å². The van der Waals surface area contributed by atoms with Gasteiger partial charge in [-0.2, -0.15) is 5.26 Å². The summed E-state index contributed by atoms with van der Waals surface area (Å²) in [6.45, 7) is 6.07. The van der Waals surface area contributed by atoms with Crippen molar-refractivity contribution in [3.63, 3.8) is 0 Å². The fourth-order valence-electron chi connectivity index (χ4n) is 2.36. The zero-order valence-corrected chi connectivity index (χ0v) is 11.6. The summed E-state index contributed by atoms with van der Waals surface area (Å²) >= 11 is 0. The second-order valence-electron chi connectivity index (χ2n) is 4.65. The van der Waals surface area contributed by atoms with Crippen molar-refractivity contribution in [3.05, 3.63) is 34.4 Å². The summed E-state index contributed by atoms with van der Waals surface area (Å²) in [4.78, 5) is 3.06. The molecule has 0 atom stereocenters. The normalized spacial score (nSPS) is 10.3. The number of benzene rings is 1. The molecule has 19 heavy (non-hydrogen) atoms. The number of aryl methyl sites for hydroxylation is 1. The smallest absolute Gasteiger partial charge is 0.124 e. The third-order valence-corrected chi connectivity index (χ3v) is 3.49. The molecule has 4 nitrogen and oxygen atoms in total. The standard InChI is InChI=1S/C15H17N3O/c1-8-5-12(9(2)10(3)14(8)19-4)13-6-11(7-16)15(17)18-13/h5-6,18H,17H2,1-4H3. The van der Waals surface area contributed by atoms with Gasteiger partial charge < -0.3 is 15.5 Å². The van der Waals surface area contributed by atoms with E-state index < -0.39 is 0 Å². The number of ether oxygens (including phenoxy) is 1. The number of methoxy groups -OCH3 is 1. The van der Waals surface area contributed by atoms with Gasteiger partial charge in [-0.05, 0) is 49.6 Å². The van der Waals surface area contributed by atoms with Gasteiger partial charge in [0.1, 0.15) is 17.6 Å². The van der Waals surface area contributed by atoms with Crippen LogP contribution in [0.25, 0.3) is 11.3 Å². The van der Waals surface area contributed by atoms with Crippen LogP contribution >= 0.6 is 0 Å². The van der Waals surface area contributed by atoms with E-state index in [0.29, 0.717) is 11.4 Å². The molecule has 0 spiro atoms. The number of nitrogens with one attached hydrogen (secondary N) is 1. The predicted molar refractivity (Wildman–Crippen MR) is 76.1 cm³/mol. The summed E-state index contributed by atoms with van der Waals surface area (Å²) in [6, 6.07) is 5.91. The lowest BCUT2D eigenvalue weighted by Gasteiger charge is -2.14. The van der Waals surface area contributed by atoms with E-state index in [0.717, 1.165) is 33.7 Å². The van der Waals surface area contributed by atoms with Crippen molar-refractivity contribution in [1.29, 1.82) is 5.26 Å². The summed E-state index contributed by atoms with van der Waals surface area (Å²) < 4.78 is 5.41. The van der Waals surface area contributed by atoms with Crippen molar-refractivity contribution in [2.45, 2.75) is 20.8 Å². The SMILES string of the molecule is COc1c(C)cc(-c2cc(C#N)c(N)[nH]2)c(C)c1C. The van der Waals surface area contributed by atoms with Gasteiger partial charge in [-0.3, -0.25) is 0 Å². The second kappa shape index (κ2) is 4.69. The lowest BCUT2D eigenvalue weighted by molar-refractivity contribution is 0.408. The Morgan fingerprint density at radius 2 is 1.89 bits per heavy atom. The summed E-state index contributed by atoms with van der Waals surface area (Å²) in [7, 11) is 1.68. The molecule has 4 heteroatoms. The molecule has 0 saturated carbocycles. The molecule has 3 N–H and O–H groups in total. The number of aromatic amines is 1.